The minimum absolute atomic E-state index is 0.178. The molecule has 24 heavy (non-hydrogen) atoms. The summed E-state index contributed by atoms with van der Waals surface area (Å²) < 4.78 is 11.9. The number of carbonyl (C=O) groups is 1. The zero-order valence-electron chi connectivity index (χ0n) is 13.4. The quantitative estimate of drug-likeness (QED) is 0.530. The number of pyridine rings is 1. The summed E-state index contributed by atoms with van der Waals surface area (Å²) in [5.41, 5.74) is 1.96. The van der Waals surface area contributed by atoms with Crippen LogP contribution in [0, 0.1) is 12.7 Å². The first-order valence-electron chi connectivity index (χ1n) is 7.60. The fourth-order valence-electron chi connectivity index (χ4n) is 1.98. The molecule has 0 atom stereocenters. The molecule has 0 unspecified atom stereocenters. The summed E-state index contributed by atoms with van der Waals surface area (Å²) in [6, 6.07) is 13.7. The third-order valence-electron chi connectivity index (χ3n) is 3.35. The Morgan fingerprint density at radius 3 is 2.38 bits per heavy atom. The van der Waals surface area contributed by atoms with Crippen molar-refractivity contribution in [3.05, 3.63) is 65.2 Å². The zero-order chi connectivity index (χ0) is 17.4. The highest BCUT2D eigenvalue weighted by Crippen LogP contribution is 2.15. The Morgan fingerprint density at radius 2 is 1.92 bits per heavy atom. The van der Waals surface area contributed by atoms with Crippen LogP contribution in [-0.2, 0) is 4.79 Å². The molecule has 1 aliphatic heterocycles. The lowest BCUT2D eigenvalue weighted by Crippen LogP contribution is -2.35. The van der Waals surface area contributed by atoms with E-state index in [4.69, 9.17) is 11.6 Å². The van der Waals surface area contributed by atoms with Crippen molar-refractivity contribution in [2.45, 2.75) is 13.3 Å². The van der Waals surface area contributed by atoms with Crippen molar-refractivity contribution in [2.75, 3.05) is 13.1 Å². The van der Waals surface area contributed by atoms with Gasteiger partial charge < -0.3 is 9.88 Å². The molecular weight excluding hydrogens is 329 g/mol. The predicted octanol–water partition coefficient (Wildman–Crippen LogP) is 4.20. The minimum atomic E-state index is -0.178. The molecule has 4 nitrogen and oxygen atoms in total. The third-order valence-corrected chi connectivity index (χ3v) is 3.56. The van der Waals surface area contributed by atoms with Gasteiger partial charge in [-0.2, -0.15) is 0 Å². The number of rotatable bonds is 1. The second-order valence-corrected chi connectivity index (χ2v) is 5.70. The number of aromatic amines is 1. The number of H-pyrrole nitrogens is 1. The molecule has 3 aromatic rings. The second-order valence-electron chi connectivity index (χ2n) is 5.31. The number of hydrogen-bond donors (Lipinski definition) is 1. The van der Waals surface area contributed by atoms with Gasteiger partial charge in [0.25, 0.3) is 0 Å². The maximum absolute atomic E-state index is 11.9. The normalized spacial score (nSPS) is 12.4. The lowest BCUT2D eigenvalue weighted by atomic mass is 10.2. The molecule has 1 aromatic carbocycles. The summed E-state index contributed by atoms with van der Waals surface area (Å²) in [6.45, 7) is 3.95. The van der Waals surface area contributed by atoms with Gasteiger partial charge in [-0.05, 0) is 43.7 Å². The van der Waals surface area contributed by atoms with Gasteiger partial charge in [0.1, 0.15) is 16.6 Å². The number of hydrogen-bond acceptors (Lipinski definition) is 2. The number of nitrogens with one attached hydrogen (secondary N) is 1. The van der Waals surface area contributed by atoms with Gasteiger partial charge in [-0.15, -0.1) is 0 Å². The molecule has 126 valence electrons. The van der Waals surface area contributed by atoms with Gasteiger partial charge in [0.2, 0.25) is 6.41 Å². The van der Waals surface area contributed by atoms with Crippen molar-refractivity contribution >= 4 is 29.0 Å². The lowest BCUT2D eigenvalue weighted by molar-refractivity contribution is -0.121. The summed E-state index contributed by atoms with van der Waals surface area (Å²) in [7, 11) is 0. The maximum atomic E-state index is 11.9. The van der Waals surface area contributed by atoms with E-state index in [2.05, 4.69) is 9.97 Å². The van der Waals surface area contributed by atoms with Crippen LogP contribution in [0.5, 0.6) is 0 Å². The Kier molecular flexibility index (Phi) is 6.75. The highest BCUT2D eigenvalue weighted by atomic mass is 35.5. The van der Waals surface area contributed by atoms with Crippen LogP contribution in [0.1, 0.15) is 12.1 Å². The molecule has 0 saturated carbocycles. The van der Waals surface area contributed by atoms with E-state index in [1.54, 1.807) is 29.2 Å². The number of aryl methyl sites for hydroxylation is 1. The molecule has 0 spiro atoms. The van der Waals surface area contributed by atoms with Crippen molar-refractivity contribution < 1.29 is 9.18 Å². The smallest absolute Gasteiger partial charge is 0.209 e. The van der Waals surface area contributed by atoms with Crippen molar-refractivity contribution in [3.63, 3.8) is 0 Å². The van der Waals surface area contributed by atoms with Gasteiger partial charge in [-0.1, -0.05) is 29.8 Å². The van der Waals surface area contributed by atoms with E-state index < -0.39 is 0 Å². The van der Waals surface area contributed by atoms with E-state index in [1.165, 1.54) is 18.6 Å². The first-order chi connectivity index (χ1) is 11.6. The molecule has 4 rings (SSSR count). The van der Waals surface area contributed by atoms with E-state index in [-0.39, 0.29) is 5.82 Å². The summed E-state index contributed by atoms with van der Waals surface area (Å²) in [6.07, 6.45) is 2.09. The van der Waals surface area contributed by atoms with E-state index in [1.807, 2.05) is 19.1 Å². The van der Waals surface area contributed by atoms with E-state index in [9.17, 15) is 9.18 Å². The number of nitrogens with zero attached hydrogens (tertiary/aromatic N) is 2. The van der Waals surface area contributed by atoms with Crippen LogP contribution in [0.4, 0.5) is 4.39 Å². The minimum Gasteiger partial charge on any atom is -0.345 e. The molecule has 1 N–H and O–H groups in total. The number of amides is 1. The third kappa shape index (κ3) is 5.66. The number of likely N-dealkylation sites (tertiary alicyclic amines) is 1. The first-order valence-corrected chi connectivity index (χ1v) is 7.98. The van der Waals surface area contributed by atoms with Crippen LogP contribution in [0.3, 0.4) is 0 Å². The van der Waals surface area contributed by atoms with Gasteiger partial charge in [-0.3, -0.25) is 4.79 Å². The molecular formula is C18H19ClFN3O. The first kappa shape index (κ1) is 17.9. The molecule has 1 saturated heterocycles. The number of carbonyl (C=O) groups excluding carboxylic acids is 1. The summed E-state index contributed by atoms with van der Waals surface area (Å²) in [5.74, 6) is -0.178. The standard InChI is InChI=1S/C8H7ClN2.C6H5F.C4H7NO/c1-5-4-6-2-3-7(9)11-8(6)10-5;7-6-4-2-1-3-5-6;6-4-5-2-1-3-5/h2-4H,1H3,(H,10,11);1-5H;4H,1-3H2. The van der Waals surface area contributed by atoms with Gasteiger partial charge >= 0.3 is 0 Å². The van der Waals surface area contributed by atoms with Crippen molar-refractivity contribution in [2.24, 2.45) is 0 Å². The number of aromatic nitrogens is 2. The molecule has 1 amide bonds. The van der Waals surface area contributed by atoms with Crippen LogP contribution in [0.15, 0.2) is 48.5 Å². The fraction of sp³-hybridized carbons (Fsp3) is 0.222. The van der Waals surface area contributed by atoms with Crippen LogP contribution in [0.2, 0.25) is 5.15 Å². The molecule has 0 radical (unpaired) electrons. The Bertz CT molecular complexity index is 772. The summed E-state index contributed by atoms with van der Waals surface area (Å²) in [4.78, 5) is 18.7. The van der Waals surface area contributed by atoms with Crippen LogP contribution in [-0.4, -0.2) is 34.4 Å². The highest BCUT2D eigenvalue weighted by Gasteiger charge is 2.08. The van der Waals surface area contributed by atoms with E-state index >= 15 is 0 Å². The Balaban J connectivity index is 0.000000139. The van der Waals surface area contributed by atoms with E-state index in [0.29, 0.717) is 5.15 Å². The monoisotopic (exact) mass is 347 g/mol. The molecule has 3 heterocycles. The highest BCUT2D eigenvalue weighted by molar-refractivity contribution is 6.29. The van der Waals surface area contributed by atoms with Crippen molar-refractivity contribution in [3.8, 4) is 0 Å². The molecule has 0 bridgehead atoms. The van der Waals surface area contributed by atoms with E-state index in [0.717, 1.165) is 36.2 Å². The topological polar surface area (TPSA) is 49.0 Å². The van der Waals surface area contributed by atoms with Crippen molar-refractivity contribution in [1.82, 2.24) is 14.9 Å². The number of benzene rings is 1. The number of halogens is 2. The molecule has 0 aliphatic carbocycles. The maximum Gasteiger partial charge on any atom is 0.209 e. The number of fused-ring (bicyclic) bond motifs is 1. The van der Waals surface area contributed by atoms with Gasteiger partial charge in [0.05, 0.1) is 0 Å². The van der Waals surface area contributed by atoms with Crippen LogP contribution >= 0.6 is 11.6 Å². The van der Waals surface area contributed by atoms with Gasteiger partial charge in [0.15, 0.2) is 0 Å². The largest absolute Gasteiger partial charge is 0.345 e. The summed E-state index contributed by atoms with van der Waals surface area (Å²) in [5, 5.41) is 1.63. The Labute approximate surface area is 145 Å². The fourth-order valence-corrected chi connectivity index (χ4v) is 2.13. The van der Waals surface area contributed by atoms with Crippen molar-refractivity contribution in [1.29, 1.82) is 0 Å². The van der Waals surface area contributed by atoms with Crippen LogP contribution in [0.25, 0.3) is 11.0 Å². The lowest BCUT2D eigenvalue weighted by Gasteiger charge is -2.25. The SMILES string of the molecule is Cc1cc2ccc(Cl)nc2[nH]1.Fc1ccccc1.O=CN1CCC1. The second kappa shape index (κ2) is 9.03. The Morgan fingerprint density at radius 1 is 1.21 bits per heavy atom. The predicted molar refractivity (Wildman–Crippen MR) is 94.5 cm³/mol. The average Bonchev–Trinajstić information content (AvgIpc) is 2.87. The van der Waals surface area contributed by atoms with Gasteiger partial charge in [0, 0.05) is 24.2 Å². The zero-order valence-corrected chi connectivity index (χ0v) is 14.1. The molecule has 1 aliphatic rings. The van der Waals surface area contributed by atoms with Crippen LogP contribution < -0.4 is 0 Å². The Hall–Kier alpha value is -2.40. The molecule has 1 fully saturated rings. The molecule has 2 aromatic heterocycles. The molecule has 6 heteroatoms. The average molecular weight is 348 g/mol. The van der Waals surface area contributed by atoms with Gasteiger partial charge in [-0.25, -0.2) is 9.37 Å². The summed E-state index contributed by atoms with van der Waals surface area (Å²) >= 11 is 5.70.